The van der Waals surface area contributed by atoms with Crippen LogP contribution in [0.2, 0.25) is 0 Å². The maximum absolute atomic E-state index is 11.8. The Morgan fingerprint density at radius 2 is 2.00 bits per heavy atom. The van der Waals surface area contributed by atoms with E-state index in [9.17, 15) is 18.0 Å². The number of rotatable bonds is 6. The Morgan fingerprint density at radius 3 is 2.40 bits per heavy atom. The van der Waals surface area contributed by atoms with E-state index < -0.39 is 24.9 Å². The minimum absolute atomic E-state index is 0.0664. The summed E-state index contributed by atoms with van der Waals surface area (Å²) >= 11 is 0. The molecule has 0 aromatic carbocycles. The molecule has 0 radical (unpaired) electrons. The molecule has 0 saturated heterocycles. The van der Waals surface area contributed by atoms with Crippen molar-refractivity contribution in [2.45, 2.75) is 32.4 Å². The van der Waals surface area contributed by atoms with Gasteiger partial charge in [-0.3, -0.25) is 4.79 Å². The summed E-state index contributed by atoms with van der Waals surface area (Å²) in [5.74, 6) is -0.511. The second-order valence-corrected chi connectivity index (χ2v) is 3.17. The van der Waals surface area contributed by atoms with Crippen LogP contribution in [-0.2, 0) is 4.79 Å². The Bertz CT molecular complexity index is 194. The molecule has 15 heavy (non-hydrogen) atoms. The minimum atomic E-state index is -4.29. The van der Waals surface area contributed by atoms with Crippen molar-refractivity contribution in [2.24, 2.45) is 0 Å². The quantitative estimate of drug-likeness (QED) is 0.748. The van der Waals surface area contributed by atoms with Gasteiger partial charge in [-0.2, -0.15) is 13.2 Å². The number of halogens is 3. The molecule has 0 heterocycles. The molecule has 0 fully saturated rings. The molecule has 1 amide bonds. The second-order valence-electron chi connectivity index (χ2n) is 3.17. The molecule has 0 aliphatic heterocycles. The molecular weight excluding hydrogens is 211 g/mol. The van der Waals surface area contributed by atoms with Gasteiger partial charge < -0.3 is 10.0 Å². The Hall–Kier alpha value is -0.780. The number of carbonyl (C=O) groups excluding carboxylic acids is 1. The minimum Gasteiger partial charge on any atom is -0.396 e. The van der Waals surface area contributed by atoms with Gasteiger partial charge in [-0.25, -0.2) is 0 Å². The van der Waals surface area contributed by atoms with E-state index in [0.29, 0.717) is 19.5 Å². The van der Waals surface area contributed by atoms with Gasteiger partial charge in [0.15, 0.2) is 0 Å². The summed E-state index contributed by atoms with van der Waals surface area (Å²) < 4.78 is 35.5. The van der Waals surface area contributed by atoms with Gasteiger partial charge in [-0.1, -0.05) is 0 Å². The summed E-state index contributed by atoms with van der Waals surface area (Å²) in [6.45, 7) is 2.31. The lowest BCUT2D eigenvalue weighted by Gasteiger charge is -2.20. The molecule has 0 aliphatic rings. The fraction of sp³-hybridized carbons (Fsp3) is 0.889. The number of amides is 1. The number of aliphatic hydroxyl groups excluding tert-OH is 1. The molecule has 3 nitrogen and oxygen atoms in total. The maximum Gasteiger partial charge on any atom is 0.389 e. The van der Waals surface area contributed by atoms with Crippen LogP contribution in [0.3, 0.4) is 0 Å². The van der Waals surface area contributed by atoms with Gasteiger partial charge in [0.2, 0.25) is 5.91 Å². The Kier molecular flexibility index (Phi) is 6.31. The van der Waals surface area contributed by atoms with Gasteiger partial charge >= 0.3 is 6.18 Å². The van der Waals surface area contributed by atoms with Crippen molar-refractivity contribution in [3.05, 3.63) is 0 Å². The zero-order valence-corrected chi connectivity index (χ0v) is 8.68. The van der Waals surface area contributed by atoms with Crippen LogP contribution in [0.15, 0.2) is 0 Å². The first kappa shape index (κ1) is 14.2. The maximum atomic E-state index is 11.8. The van der Waals surface area contributed by atoms with Crippen molar-refractivity contribution in [3.63, 3.8) is 0 Å². The Morgan fingerprint density at radius 1 is 1.40 bits per heavy atom. The van der Waals surface area contributed by atoms with Crippen molar-refractivity contribution in [1.82, 2.24) is 4.90 Å². The van der Waals surface area contributed by atoms with E-state index in [1.165, 1.54) is 4.90 Å². The van der Waals surface area contributed by atoms with Gasteiger partial charge in [0.25, 0.3) is 0 Å². The van der Waals surface area contributed by atoms with E-state index in [-0.39, 0.29) is 6.61 Å². The Labute approximate surface area is 86.9 Å². The monoisotopic (exact) mass is 227 g/mol. The van der Waals surface area contributed by atoms with Crippen LogP contribution in [0.1, 0.15) is 26.2 Å². The van der Waals surface area contributed by atoms with Crippen molar-refractivity contribution in [1.29, 1.82) is 0 Å². The summed E-state index contributed by atoms with van der Waals surface area (Å²) in [5, 5.41) is 8.53. The number of hydrogen-bond acceptors (Lipinski definition) is 2. The van der Waals surface area contributed by atoms with Crippen LogP contribution in [-0.4, -0.2) is 41.8 Å². The van der Waals surface area contributed by atoms with Crippen LogP contribution in [0.25, 0.3) is 0 Å². The summed E-state index contributed by atoms with van der Waals surface area (Å²) in [5.41, 5.74) is 0. The molecule has 0 bridgehead atoms. The Balaban J connectivity index is 3.94. The molecule has 1 N–H and O–H groups in total. The van der Waals surface area contributed by atoms with E-state index in [0.717, 1.165) is 0 Å². The third-order valence-electron chi connectivity index (χ3n) is 1.94. The largest absolute Gasteiger partial charge is 0.396 e. The van der Waals surface area contributed by atoms with Crippen LogP contribution in [0.5, 0.6) is 0 Å². The first-order valence-corrected chi connectivity index (χ1v) is 4.86. The first-order valence-electron chi connectivity index (χ1n) is 4.86. The van der Waals surface area contributed by atoms with Gasteiger partial charge in [0.05, 0.1) is 6.42 Å². The van der Waals surface area contributed by atoms with Crippen LogP contribution in [0, 0.1) is 0 Å². The summed E-state index contributed by atoms with van der Waals surface area (Å²) in [6.07, 6.45) is -5.48. The van der Waals surface area contributed by atoms with Crippen molar-refractivity contribution >= 4 is 5.91 Å². The SMILES string of the molecule is CCN(CCCO)C(=O)CCC(F)(F)F. The lowest BCUT2D eigenvalue weighted by Crippen LogP contribution is -2.32. The lowest BCUT2D eigenvalue weighted by molar-refractivity contribution is -0.149. The highest BCUT2D eigenvalue weighted by Crippen LogP contribution is 2.21. The highest BCUT2D eigenvalue weighted by molar-refractivity contribution is 5.76. The summed E-state index contributed by atoms with van der Waals surface area (Å²) in [7, 11) is 0. The van der Waals surface area contributed by atoms with E-state index in [2.05, 4.69) is 0 Å². The predicted octanol–water partition coefficient (Wildman–Crippen LogP) is 1.56. The number of aliphatic hydroxyl groups is 1. The summed E-state index contributed by atoms with van der Waals surface area (Å²) in [6, 6.07) is 0. The van der Waals surface area contributed by atoms with Crippen molar-refractivity contribution in [3.8, 4) is 0 Å². The molecule has 0 saturated carbocycles. The number of alkyl halides is 3. The summed E-state index contributed by atoms with van der Waals surface area (Å²) in [4.78, 5) is 12.6. The highest BCUT2D eigenvalue weighted by atomic mass is 19.4. The van der Waals surface area contributed by atoms with E-state index in [1.54, 1.807) is 6.92 Å². The van der Waals surface area contributed by atoms with Gasteiger partial charge in [0.1, 0.15) is 0 Å². The molecule has 0 unspecified atom stereocenters. The number of carbonyl (C=O) groups is 1. The topological polar surface area (TPSA) is 40.5 Å². The fourth-order valence-electron chi connectivity index (χ4n) is 1.13. The van der Waals surface area contributed by atoms with Crippen LogP contribution in [0.4, 0.5) is 13.2 Å². The van der Waals surface area contributed by atoms with Gasteiger partial charge in [0, 0.05) is 26.1 Å². The van der Waals surface area contributed by atoms with Crippen molar-refractivity contribution < 1.29 is 23.1 Å². The number of nitrogens with zero attached hydrogens (tertiary/aromatic N) is 1. The molecule has 0 aromatic heterocycles. The van der Waals surface area contributed by atoms with Crippen LogP contribution < -0.4 is 0 Å². The molecule has 0 aromatic rings. The zero-order valence-electron chi connectivity index (χ0n) is 8.68. The molecule has 0 aliphatic carbocycles. The van der Waals surface area contributed by atoms with Gasteiger partial charge in [-0.05, 0) is 13.3 Å². The van der Waals surface area contributed by atoms with Crippen molar-refractivity contribution in [2.75, 3.05) is 19.7 Å². The molecule has 0 atom stereocenters. The lowest BCUT2D eigenvalue weighted by atomic mass is 10.2. The molecular formula is C9H16F3NO2. The third-order valence-corrected chi connectivity index (χ3v) is 1.94. The van der Waals surface area contributed by atoms with Crippen LogP contribution >= 0.6 is 0 Å². The third kappa shape index (κ3) is 7.18. The zero-order chi connectivity index (χ0) is 11.9. The number of hydrogen-bond donors (Lipinski definition) is 1. The predicted molar refractivity (Wildman–Crippen MR) is 49.2 cm³/mol. The average Bonchev–Trinajstić information content (AvgIpc) is 2.15. The second kappa shape index (κ2) is 6.66. The smallest absolute Gasteiger partial charge is 0.389 e. The fourth-order valence-corrected chi connectivity index (χ4v) is 1.13. The molecule has 90 valence electrons. The van der Waals surface area contributed by atoms with E-state index in [1.807, 2.05) is 0 Å². The molecule has 0 rings (SSSR count). The van der Waals surface area contributed by atoms with E-state index in [4.69, 9.17) is 5.11 Å². The molecule has 6 heteroatoms. The highest BCUT2D eigenvalue weighted by Gasteiger charge is 2.28. The first-order chi connectivity index (χ1) is 6.90. The molecule has 0 spiro atoms. The standard InChI is InChI=1S/C9H16F3NO2/c1-2-13(6-3-7-14)8(15)4-5-9(10,11)12/h14H,2-7H2,1H3. The average molecular weight is 227 g/mol. The van der Waals surface area contributed by atoms with Gasteiger partial charge in [-0.15, -0.1) is 0 Å². The van der Waals surface area contributed by atoms with E-state index >= 15 is 0 Å². The normalized spacial score (nSPS) is 11.5.